The fourth-order valence-electron chi connectivity index (χ4n) is 1.65. The van der Waals surface area contributed by atoms with Crippen molar-refractivity contribution in [3.05, 3.63) is 28.2 Å². The molecule has 0 bridgehead atoms. The third-order valence-electron chi connectivity index (χ3n) is 2.57. The van der Waals surface area contributed by atoms with Crippen LogP contribution in [0.25, 0.3) is 0 Å². The van der Waals surface area contributed by atoms with Gasteiger partial charge in [0.2, 0.25) is 5.91 Å². The van der Waals surface area contributed by atoms with Crippen LogP contribution >= 0.6 is 15.9 Å². The number of amides is 1. The van der Waals surface area contributed by atoms with Crippen LogP contribution in [0.1, 0.15) is 12.5 Å². The SMILES string of the molecule is COc1ccc(CS(=O)CC(NC(C)=O)C(=O)O)cc1Br. The minimum Gasteiger partial charge on any atom is -0.496 e. The molecule has 0 saturated carbocycles. The molecule has 1 rings (SSSR count). The van der Waals surface area contributed by atoms with E-state index in [4.69, 9.17) is 9.84 Å². The van der Waals surface area contributed by atoms with E-state index in [2.05, 4.69) is 21.2 Å². The van der Waals surface area contributed by atoms with Gasteiger partial charge in [0.1, 0.15) is 11.8 Å². The molecule has 0 aromatic heterocycles. The summed E-state index contributed by atoms with van der Waals surface area (Å²) in [6.45, 7) is 1.22. The van der Waals surface area contributed by atoms with Crippen molar-refractivity contribution in [3.63, 3.8) is 0 Å². The minimum absolute atomic E-state index is 0.140. The van der Waals surface area contributed by atoms with Crippen molar-refractivity contribution in [2.75, 3.05) is 12.9 Å². The van der Waals surface area contributed by atoms with Crippen LogP contribution in [-0.2, 0) is 26.1 Å². The quantitative estimate of drug-likeness (QED) is 0.746. The van der Waals surface area contributed by atoms with Crippen LogP contribution in [0.2, 0.25) is 0 Å². The van der Waals surface area contributed by atoms with Crippen LogP contribution in [0.15, 0.2) is 22.7 Å². The Morgan fingerprint density at radius 1 is 1.48 bits per heavy atom. The van der Waals surface area contributed by atoms with E-state index >= 15 is 0 Å². The molecule has 0 aliphatic rings. The van der Waals surface area contributed by atoms with Gasteiger partial charge >= 0.3 is 5.97 Å². The fourth-order valence-corrected chi connectivity index (χ4v) is 3.51. The molecule has 0 aliphatic carbocycles. The minimum atomic E-state index is -1.41. The van der Waals surface area contributed by atoms with Crippen molar-refractivity contribution in [3.8, 4) is 5.75 Å². The molecule has 0 aliphatic heterocycles. The molecule has 0 saturated heterocycles. The number of carboxylic acids is 1. The zero-order valence-electron chi connectivity index (χ0n) is 11.6. The zero-order chi connectivity index (χ0) is 16.0. The monoisotopic (exact) mass is 377 g/mol. The third kappa shape index (κ3) is 5.84. The molecular weight excluding hydrogens is 362 g/mol. The van der Waals surface area contributed by atoms with E-state index < -0.39 is 28.7 Å². The molecular formula is C13H16BrNO5S. The van der Waals surface area contributed by atoms with E-state index in [1.165, 1.54) is 6.92 Å². The Hall–Kier alpha value is -1.41. The van der Waals surface area contributed by atoms with Crippen molar-refractivity contribution in [2.45, 2.75) is 18.7 Å². The lowest BCUT2D eigenvalue weighted by atomic mass is 10.2. The van der Waals surface area contributed by atoms with Gasteiger partial charge in [-0.05, 0) is 33.6 Å². The largest absolute Gasteiger partial charge is 0.496 e. The number of benzene rings is 1. The van der Waals surface area contributed by atoms with Crippen LogP contribution < -0.4 is 10.1 Å². The van der Waals surface area contributed by atoms with Crippen LogP contribution in [0, 0.1) is 0 Å². The molecule has 6 nitrogen and oxygen atoms in total. The molecule has 2 unspecified atom stereocenters. The molecule has 1 aromatic carbocycles. The predicted molar refractivity (Wildman–Crippen MR) is 82.6 cm³/mol. The van der Waals surface area contributed by atoms with Gasteiger partial charge in [-0.2, -0.15) is 0 Å². The number of carboxylic acid groups (broad SMARTS) is 1. The summed E-state index contributed by atoms with van der Waals surface area (Å²) in [5.41, 5.74) is 0.785. The second-order valence-corrected chi connectivity index (χ2v) is 6.67. The first-order chi connectivity index (χ1) is 9.83. The number of carbonyl (C=O) groups excluding carboxylic acids is 1. The molecule has 0 heterocycles. The van der Waals surface area contributed by atoms with Crippen molar-refractivity contribution in [2.24, 2.45) is 0 Å². The molecule has 0 spiro atoms. The molecule has 116 valence electrons. The van der Waals surface area contributed by atoms with Crippen molar-refractivity contribution >= 4 is 38.6 Å². The summed E-state index contributed by atoms with van der Waals surface area (Å²) in [6.07, 6.45) is 0. The molecule has 21 heavy (non-hydrogen) atoms. The van der Waals surface area contributed by atoms with Gasteiger partial charge < -0.3 is 15.2 Å². The lowest BCUT2D eigenvalue weighted by Crippen LogP contribution is -2.43. The summed E-state index contributed by atoms with van der Waals surface area (Å²) in [6, 6.07) is 4.12. The van der Waals surface area contributed by atoms with Crippen molar-refractivity contribution < 1.29 is 23.6 Å². The van der Waals surface area contributed by atoms with Crippen LogP contribution in [0.4, 0.5) is 0 Å². The number of ether oxygens (including phenoxy) is 1. The normalized spacial score (nSPS) is 13.3. The second-order valence-electron chi connectivity index (χ2n) is 4.31. The number of rotatable bonds is 7. The summed E-state index contributed by atoms with van der Waals surface area (Å²) in [7, 11) is 0.132. The first-order valence-electron chi connectivity index (χ1n) is 6.00. The summed E-state index contributed by atoms with van der Waals surface area (Å²) in [5.74, 6) is -0.947. The maximum absolute atomic E-state index is 12.0. The van der Waals surface area contributed by atoms with Crippen LogP contribution in [-0.4, -0.2) is 40.1 Å². The Morgan fingerprint density at radius 2 is 2.14 bits per heavy atom. The second kappa shape index (κ2) is 8.14. The molecule has 1 amide bonds. The predicted octanol–water partition coefficient (Wildman–Crippen LogP) is 1.30. The first-order valence-corrected chi connectivity index (χ1v) is 8.29. The maximum Gasteiger partial charge on any atom is 0.327 e. The molecule has 2 N–H and O–H groups in total. The van der Waals surface area contributed by atoms with E-state index in [0.29, 0.717) is 5.75 Å². The highest BCUT2D eigenvalue weighted by molar-refractivity contribution is 9.10. The molecule has 8 heteroatoms. The number of aliphatic carboxylic acids is 1. The van der Waals surface area contributed by atoms with Crippen molar-refractivity contribution in [1.29, 1.82) is 0 Å². The Kier molecular flexibility index (Phi) is 6.83. The lowest BCUT2D eigenvalue weighted by Gasteiger charge is -2.13. The maximum atomic E-state index is 12.0. The van der Waals surface area contributed by atoms with Gasteiger partial charge in [-0.1, -0.05) is 6.07 Å². The van der Waals surface area contributed by atoms with Crippen LogP contribution in [0.3, 0.4) is 0 Å². The third-order valence-corrected chi connectivity index (χ3v) is 4.55. The van der Waals surface area contributed by atoms with Crippen LogP contribution in [0.5, 0.6) is 5.75 Å². The Bertz CT molecular complexity index is 563. The molecule has 0 fully saturated rings. The first kappa shape index (κ1) is 17.6. The highest BCUT2D eigenvalue weighted by Gasteiger charge is 2.21. The number of halogens is 1. The highest BCUT2D eigenvalue weighted by Crippen LogP contribution is 2.26. The van der Waals surface area contributed by atoms with Gasteiger partial charge in [0.15, 0.2) is 0 Å². The molecule has 2 atom stereocenters. The van der Waals surface area contributed by atoms with Gasteiger partial charge in [0, 0.05) is 23.5 Å². The van der Waals surface area contributed by atoms with Gasteiger partial charge in [0.05, 0.1) is 17.3 Å². The average molecular weight is 378 g/mol. The van der Waals surface area contributed by atoms with Gasteiger partial charge in [-0.3, -0.25) is 9.00 Å². The van der Waals surface area contributed by atoms with E-state index in [-0.39, 0.29) is 11.5 Å². The summed E-state index contributed by atoms with van der Waals surface area (Å²) < 4.78 is 17.9. The lowest BCUT2D eigenvalue weighted by molar-refractivity contribution is -0.140. The Morgan fingerprint density at radius 3 is 2.62 bits per heavy atom. The molecule has 1 aromatic rings. The number of hydrogen-bond acceptors (Lipinski definition) is 4. The van der Waals surface area contributed by atoms with Gasteiger partial charge in [-0.15, -0.1) is 0 Å². The average Bonchev–Trinajstić information content (AvgIpc) is 2.37. The van der Waals surface area contributed by atoms with E-state index in [0.717, 1.165) is 10.0 Å². The topological polar surface area (TPSA) is 92.7 Å². The number of hydrogen-bond donors (Lipinski definition) is 2. The standard InChI is InChI=1S/C13H16BrNO5S/c1-8(16)15-11(13(17)18)7-21(19)6-9-3-4-12(20-2)10(14)5-9/h3-5,11H,6-7H2,1-2H3,(H,15,16)(H,17,18). The summed E-state index contributed by atoms with van der Waals surface area (Å²) >= 11 is 3.33. The number of nitrogens with one attached hydrogen (secondary N) is 1. The van der Waals surface area contributed by atoms with E-state index in [1.54, 1.807) is 25.3 Å². The Labute approximate surface area is 133 Å². The number of carbonyl (C=O) groups is 2. The summed E-state index contributed by atoms with van der Waals surface area (Å²) in [4.78, 5) is 21.9. The zero-order valence-corrected chi connectivity index (χ0v) is 14.0. The fraction of sp³-hybridized carbons (Fsp3) is 0.385. The highest BCUT2D eigenvalue weighted by atomic mass is 79.9. The van der Waals surface area contributed by atoms with Crippen molar-refractivity contribution in [1.82, 2.24) is 5.32 Å². The summed E-state index contributed by atoms with van der Waals surface area (Å²) in [5, 5.41) is 11.2. The smallest absolute Gasteiger partial charge is 0.327 e. The van der Waals surface area contributed by atoms with Gasteiger partial charge in [-0.25, -0.2) is 4.79 Å². The number of methoxy groups -OCH3 is 1. The van der Waals surface area contributed by atoms with E-state index in [1.807, 2.05) is 0 Å². The van der Waals surface area contributed by atoms with E-state index in [9.17, 15) is 13.8 Å². The Balaban J connectivity index is 2.69. The molecule has 0 radical (unpaired) electrons. The van der Waals surface area contributed by atoms with Gasteiger partial charge in [0.25, 0.3) is 0 Å².